The normalized spacial score (nSPS) is 21.2. The van der Waals surface area contributed by atoms with Crippen LogP contribution in [0.25, 0.3) is 0 Å². The molecule has 1 heterocycles. The van der Waals surface area contributed by atoms with Gasteiger partial charge in [-0.25, -0.2) is 9.97 Å². The molecule has 0 spiro atoms. The van der Waals surface area contributed by atoms with Gasteiger partial charge in [0, 0.05) is 18.9 Å². The molecule has 1 aliphatic rings. The zero-order chi connectivity index (χ0) is 15.9. The lowest BCUT2D eigenvalue weighted by molar-refractivity contribution is -0.125. The number of ether oxygens (including phenoxy) is 1. The molecule has 0 unspecified atom stereocenters. The van der Waals surface area contributed by atoms with E-state index in [4.69, 9.17) is 16.3 Å². The molecular weight excluding hydrogens is 306 g/mol. The monoisotopic (exact) mass is 325 g/mol. The highest BCUT2D eigenvalue weighted by Gasteiger charge is 2.24. The van der Waals surface area contributed by atoms with Gasteiger partial charge < -0.3 is 14.8 Å². The van der Waals surface area contributed by atoms with Gasteiger partial charge in [0.15, 0.2) is 0 Å². The van der Waals surface area contributed by atoms with Crippen molar-refractivity contribution in [3.8, 4) is 6.01 Å². The third kappa shape index (κ3) is 5.60. The molecule has 120 valence electrons. The smallest absolute Gasteiger partial charge is 0.316 e. The Morgan fingerprint density at radius 2 is 1.86 bits per heavy atom. The lowest BCUT2D eigenvalue weighted by Crippen LogP contribution is -2.39. The van der Waals surface area contributed by atoms with Crippen LogP contribution in [0.2, 0.25) is 5.02 Å². The van der Waals surface area contributed by atoms with Crippen molar-refractivity contribution in [2.75, 3.05) is 0 Å². The molecule has 1 saturated carbocycles. The first-order valence-electron chi connectivity index (χ1n) is 7.46. The summed E-state index contributed by atoms with van der Waals surface area (Å²) in [6.07, 6.45) is 7.02. The lowest BCUT2D eigenvalue weighted by Gasteiger charge is -2.28. The van der Waals surface area contributed by atoms with Crippen LogP contribution in [-0.2, 0) is 9.59 Å². The highest BCUT2D eigenvalue weighted by molar-refractivity contribution is 6.30. The lowest BCUT2D eigenvalue weighted by atomic mass is 9.93. The van der Waals surface area contributed by atoms with E-state index in [0.29, 0.717) is 17.5 Å². The highest BCUT2D eigenvalue weighted by atomic mass is 35.5. The van der Waals surface area contributed by atoms with Crippen molar-refractivity contribution in [3.63, 3.8) is 0 Å². The number of carbonyl (C=O) groups excluding carboxylic acids is 2. The molecule has 7 heteroatoms. The first kappa shape index (κ1) is 16.7. The number of aromatic nitrogens is 2. The number of hydrogen-bond acceptors (Lipinski definition) is 5. The topological polar surface area (TPSA) is 81.2 Å². The quantitative estimate of drug-likeness (QED) is 0.868. The average molecular weight is 326 g/mol. The molecule has 0 aromatic carbocycles. The summed E-state index contributed by atoms with van der Waals surface area (Å²) < 4.78 is 5.70. The minimum absolute atomic E-state index is 0.0372. The number of ketones is 1. The standard InChI is InChI=1S/C15H20ClN3O3/c1-10(20)2-7-14(21)19-12-3-5-13(6-4-12)22-15-17-8-11(16)9-18-15/h8-9,12-13H,2-7H2,1H3,(H,19,21). The van der Waals surface area contributed by atoms with Crippen LogP contribution in [-0.4, -0.2) is 33.8 Å². The fraction of sp³-hybridized carbons (Fsp3) is 0.600. The minimum Gasteiger partial charge on any atom is -0.460 e. The third-order valence-corrected chi connectivity index (χ3v) is 3.81. The van der Waals surface area contributed by atoms with Gasteiger partial charge >= 0.3 is 6.01 Å². The van der Waals surface area contributed by atoms with E-state index in [9.17, 15) is 9.59 Å². The van der Waals surface area contributed by atoms with E-state index in [0.717, 1.165) is 25.7 Å². The Kier molecular flexibility index (Phi) is 6.12. The molecule has 0 radical (unpaired) electrons. The van der Waals surface area contributed by atoms with Gasteiger partial charge in [-0.05, 0) is 32.6 Å². The van der Waals surface area contributed by atoms with E-state index in [1.54, 1.807) is 0 Å². The molecule has 1 fully saturated rings. The molecule has 0 atom stereocenters. The zero-order valence-electron chi connectivity index (χ0n) is 12.5. The van der Waals surface area contributed by atoms with Crippen molar-refractivity contribution in [2.24, 2.45) is 0 Å². The van der Waals surface area contributed by atoms with Crippen LogP contribution in [0, 0.1) is 0 Å². The fourth-order valence-electron chi connectivity index (χ4n) is 2.42. The molecule has 0 saturated heterocycles. The van der Waals surface area contributed by atoms with Crippen LogP contribution in [0.3, 0.4) is 0 Å². The molecular formula is C15H20ClN3O3. The summed E-state index contributed by atoms with van der Waals surface area (Å²) in [7, 11) is 0. The van der Waals surface area contributed by atoms with Crippen molar-refractivity contribution in [1.82, 2.24) is 15.3 Å². The van der Waals surface area contributed by atoms with E-state index < -0.39 is 0 Å². The van der Waals surface area contributed by atoms with Gasteiger partial charge in [-0.3, -0.25) is 4.79 Å². The molecule has 1 aliphatic carbocycles. The molecule has 1 aromatic heterocycles. The number of nitrogens with zero attached hydrogens (tertiary/aromatic N) is 2. The Morgan fingerprint density at radius 3 is 2.45 bits per heavy atom. The number of carbonyl (C=O) groups is 2. The first-order valence-corrected chi connectivity index (χ1v) is 7.83. The van der Waals surface area contributed by atoms with Gasteiger partial charge in [-0.1, -0.05) is 11.6 Å². The second-order valence-corrected chi connectivity index (χ2v) is 5.98. The van der Waals surface area contributed by atoms with Gasteiger partial charge in [-0.2, -0.15) is 0 Å². The van der Waals surface area contributed by atoms with Crippen LogP contribution < -0.4 is 10.1 Å². The maximum Gasteiger partial charge on any atom is 0.316 e. The van der Waals surface area contributed by atoms with Gasteiger partial charge in [0.1, 0.15) is 11.9 Å². The summed E-state index contributed by atoms with van der Waals surface area (Å²) in [5.41, 5.74) is 0. The van der Waals surface area contributed by atoms with Gasteiger partial charge in [-0.15, -0.1) is 0 Å². The number of hydrogen-bond donors (Lipinski definition) is 1. The van der Waals surface area contributed by atoms with Crippen molar-refractivity contribution in [3.05, 3.63) is 17.4 Å². The van der Waals surface area contributed by atoms with Crippen LogP contribution in [0.15, 0.2) is 12.4 Å². The maximum atomic E-state index is 11.7. The van der Waals surface area contributed by atoms with E-state index in [2.05, 4.69) is 15.3 Å². The van der Waals surface area contributed by atoms with Crippen LogP contribution >= 0.6 is 11.6 Å². The predicted octanol–water partition coefficient (Wildman–Crippen LogP) is 2.31. The van der Waals surface area contributed by atoms with Crippen molar-refractivity contribution in [1.29, 1.82) is 0 Å². The van der Waals surface area contributed by atoms with Crippen LogP contribution in [0.1, 0.15) is 45.4 Å². The average Bonchev–Trinajstić information content (AvgIpc) is 2.49. The number of Topliss-reactive ketones (excluding diaryl/α,β-unsaturated/α-hetero) is 1. The van der Waals surface area contributed by atoms with E-state index in [1.165, 1.54) is 19.3 Å². The molecule has 0 aliphatic heterocycles. The van der Waals surface area contributed by atoms with Crippen molar-refractivity contribution < 1.29 is 14.3 Å². The van der Waals surface area contributed by atoms with Crippen molar-refractivity contribution >= 4 is 23.3 Å². The Balaban J connectivity index is 1.70. The molecule has 22 heavy (non-hydrogen) atoms. The maximum absolute atomic E-state index is 11.7. The van der Waals surface area contributed by atoms with Crippen molar-refractivity contribution in [2.45, 2.75) is 57.6 Å². The summed E-state index contributed by atoms with van der Waals surface area (Å²) in [6, 6.07) is 0.490. The molecule has 1 aromatic rings. The van der Waals surface area contributed by atoms with Gasteiger partial charge in [0.25, 0.3) is 0 Å². The van der Waals surface area contributed by atoms with Crippen LogP contribution in [0.4, 0.5) is 0 Å². The minimum atomic E-state index is -0.0550. The van der Waals surface area contributed by atoms with Gasteiger partial charge in [0.05, 0.1) is 17.4 Å². The zero-order valence-corrected chi connectivity index (χ0v) is 13.3. The third-order valence-electron chi connectivity index (χ3n) is 3.61. The Morgan fingerprint density at radius 1 is 1.23 bits per heavy atom. The predicted molar refractivity (Wildman–Crippen MR) is 81.8 cm³/mol. The summed E-state index contributed by atoms with van der Waals surface area (Å²) in [5, 5.41) is 3.45. The molecule has 2 rings (SSSR count). The number of halogens is 1. The van der Waals surface area contributed by atoms with E-state index >= 15 is 0 Å². The SMILES string of the molecule is CC(=O)CCC(=O)NC1CCC(Oc2ncc(Cl)cn2)CC1. The molecule has 1 N–H and O–H groups in total. The summed E-state index contributed by atoms with van der Waals surface area (Å²) in [5.74, 6) is -0.0178. The first-order chi connectivity index (χ1) is 10.5. The highest BCUT2D eigenvalue weighted by Crippen LogP contribution is 2.22. The second kappa shape index (κ2) is 8.08. The fourth-order valence-corrected chi connectivity index (χ4v) is 2.52. The Bertz CT molecular complexity index is 513. The number of amides is 1. The summed E-state index contributed by atoms with van der Waals surface area (Å²) in [4.78, 5) is 30.6. The van der Waals surface area contributed by atoms with Crippen LogP contribution in [0.5, 0.6) is 6.01 Å². The number of nitrogens with one attached hydrogen (secondary N) is 1. The Hall–Kier alpha value is -1.69. The molecule has 1 amide bonds. The summed E-state index contributed by atoms with van der Waals surface area (Å²) >= 11 is 5.73. The number of rotatable bonds is 6. The van der Waals surface area contributed by atoms with E-state index in [1.807, 2.05) is 0 Å². The molecule has 0 bridgehead atoms. The van der Waals surface area contributed by atoms with Gasteiger partial charge in [0.2, 0.25) is 5.91 Å². The Labute approximate surface area is 134 Å². The molecule has 6 nitrogen and oxygen atoms in total. The van der Waals surface area contributed by atoms with E-state index in [-0.39, 0.29) is 30.3 Å². The second-order valence-electron chi connectivity index (χ2n) is 5.54. The summed E-state index contributed by atoms with van der Waals surface area (Å²) in [6.45, 7) is 1.49. The largest absolute Gasteiger partial charge is 0.460 e.